The van der Waals surface area contributed by atoms with Gasteiger partial charge in [0.05, 0.1) is 6.10 Å². The van der Waals surface area contributed by atoms with Gasteiger partial charge in [-0.05, 0) is 50.5 Å². The highest BCUT2D eigenvalue weighted by Gasteiger charge is 2.01. The predicted molar refractivity (Wildman–Crippen MR) is 65.2 cm³/mol. The fourth-order valence-electron chi connectivity index (χ4n) is 1.61. The molecule has 1 aromatic rings. The summed E-state index contributed by atoms with van der Waals surface area (Å²) in [6.07, 6.45) is 2.69. The molecule has 1 aromatic carbocycles. The number of hydrogen-bond acceptors (Lipinski definition) is 2. The number of hydrogen-bond donors (Lipinski definition) is 1. The SMILES string of the molecule is CC(O)CCCCN(C)c1ccc(F)cc1. The largest absolute Gasteiger partial charge is 0.393 e. The van der Waals surface area contributed by atoms with Gasteiger partial charge < -0.3 is 10.0 Å². The first-order valence-corrected chi connectivity index (χ1v) is 5.74. The maximum atomic E-state index is 12.7. The van der Waals surface area contributed by atoms with Crippen LogP contribution in [-0.4, -0.2) is 24.8 Å². The van der Waals surface area contributed by atoms with Gasteiger partial charge in [-0.1, -0.05) is 0 Å². The molecule has 90 valence electrons. The van der Waals surface area contributed by atoms with E-state index in [1.165, 1.54) is 12.1 Å². The molecule has 0 aromatic heterocycles. The minimum Gasteiger partial charge on any atom is -0.393 e. The Balaban J connectivity index is 2.29. The Morgan fingerprint density at radius 1 is 1.25 bits per heavy atom. The lowest BCUT2D eigenvalue weighted by Gasteiger charge is -2.19. The monoisotopic (exact) mass is 225 g/mol. The Hall–Kier alpha value is -1.09. The second kappa shape index (κ2) is 6.48. The van der Waals surface area contributed by atoms with Crippen LogP contribution in [0.3, 0.4) is 0 Å². The number of nitrogens with zero attached hydrogens (tertiary/aromatic N) is 1. The average Bonchev–Trinajstić information content (AvgIpc) is 2.25. The van der Waals surface area contributed by atoms with Gasteiger partial charge in [0.25, 0.3) is 0 Å². The summed E-state index contributed by atoms with van der Waals surface area (Å²) < 4.78 is 12.7. The Morgan fingerprint density at radius 2 is 1.88 bits per heavy atom. The molecule has 0 saturated heterocycles. The van der Waals surface area contributed by atoms with Crippen LogP contribution >= 0.6 is 0 Å². The molecule has 1 rings (SSSR count). The van der Waals surface area contributed by atoms with Crippen LogP contribution in [0.5, 0.6) is 0 Å². The quantitative estimate of drug-likeness (QED) is 0.752. The number of aliphatic hydroxyl groups excluding tert-OH is 1. The number of unbranched alkanes of at least 4 members (excludes halogenated alkanes) is 1. The molecular formula is C13H20FNO. The number of anilines is 1. The Labute approximate surface area is 96.7 Å². The van der Waals surface area contributed by atoms with E-state index in [1.54, 1.807) is 12.1 Å². The molecule has 0 aliphatic carbocycles. The van der Waals surface area contributed by atoms with E-state index in [4.69, 9.17) is 5.11 Å². The van der Waals surface area contributed by atoms with E-state index in [2.05, 4.69) is 4.90 Å². The zero-order valence-corrected chi connectivity index (χ0v) is 9.99. The van der Waals surface area contributed by atoms with Crippen molar-refractivity contribution < 1.29 is 9.50 Å². The third-order valence-corrected chi connectivity index (χ3v) is 2.63. The normalized spacial score (nSPS) is 12.5. The van der Waals surface area contributed by atoms with Crippen molar-refractivity contribution in [2.75, 3.05) is 18.5 Å². The summed E-state index contributed by atoms with van der Waals surface area (Å²) in [5.41, 5.74) is 1.03. The molecular weight excluding hydrogens is 205 g/mol. The summed E-state index contributed by atoms with van der Waals surface area (Å²) in [4.78, 5) is 2.10. The number of benzene rings is 1. The van der Waals surface area contributed by atoms with Gasteiger partial charge in [0.1, 0.15) is 5.82 Å². The van der Waals surface area contributed by atoms with Crippen LogP contribution in [0.2, 0.25) is 0 Å². The fraction of sp³-hybridized carbons (Fsp3) is 0.538. The molecule has 1 unspecified atom stereocenters. The molecule has 0 aliphatic heterocycles. The highest BCUT2D eigenvalue weighted by molar-refractivity contribution is 5.45. The van der Waals surface area contributed by atoms with E-state index in [1.807, 2.05) is 14.0 Å². The molecule has 0 bridgehead atoms. The van der Waals surface area contributed by atoms with Crippen molar-refractivity contribution in [1.82, 2.24) is 0 Å². The smallest absolute Gasteiger partial charge is 0.123 e. The standard InChI is InChI=1S/C13H20FNO/c1-11(16)5-3-4-10-15(2)13-8-6-12(14)7-9-13/h6-9,11,16H,3-5,10H2,1-2H3. The highest BCUT2D eigenvalue weighted by atomic mass is 19.1. The van der Waals surface area contributed by atoms with Crippen molar-refractivity contribution in [2.45, 2.75) is 32.3 Å². The van der Waals surface area contributed by atoms with E-state index in [0.717, 1.165) is 31.5 Å². The molecule has 0 radical (unpaired) electrons. The van der Waals surface area contributed by atoms with Crippen molar-refractivity contribution in [1.29, 1.82) is 0 Å². The lowest BCUT2D eigenvalue weighted by molar-refractivity contribution is 0.181. The van der Waals surface area contributed by atoms with E-state index in [0.29, 0.717) is 0 Å². The maximum absolute atomic E-state index is 12.7. The number of rotatable bonds is 6. The Bertz CT molecular complexity index is 297. The minimum absolute atomic E-state index is 0.203. The molecule has 16 heavy (non-hydrogen) atoms. The van der Waals surface area contributed by atoms with Gasteiger partial charge in [-0.25, -0.2) is 4.39 Å². The summed E-state index contributed by atoms with van der Waals surface area (Å²) in [6, 6.07) is 6.51. The average molecular weight is 225 g/mol. The second-order valence-corrected chi connectivity index (χ2v) is 4.24. The lowest BCUT2D eigenvalue weighted by Crippen LogP contribution is -2.18. The summed E-state index contributed by atoms with van der Waals surface area (Å²) >= 11 is 0. The van der Waals surface area contributed by atoms with Crippen LogP contribution in [0.25, 0.3) is 0 Å². The summed E-state index contributed by atoms with van der Waals surface area (Å²) in [5.74, 6) is -0.203. The molecule has 1 atom stereocenters. The predicted octanol–water partition coefficient (Wildman–Crippen LogP) is 2.81. The van der Waals surface area contributed by atoms with E-state index >= 15 is 0 Å². The molecule has 0 amide bonds. The Morgan fingerprint density at radius 3 is 2.44 bits per heavy atom. The Kier molecular flexibility index (Phi) is 5.26. The van der Waals surface area contributed by atoms with Gasteiger partial charge in [-0.3, -0.25) is 0 Å². The first-order valence-electron chi connectivity index (χ1n) is 5.74. The van der Waals surface area contributed by atoms with Gasteiger partial charge in [0.2, 0.25) is 0 Å². The van der Waals surface area contributed by atoms with Gasteiger partial charge >= 0.3 is 0 Å². The molecule has 2 nitrogen and oxygen atoms in total. The first-order chi connectivity index (χ1) is 7.59. The van der Waals surface area contributed by atoms with Crippen LogP contribution in [-0.2, 0) is 0 Å². The molecule has 0 heterocycles. The molecule has 0 fully saturated rings. The number of aliphatic hydroxyl groups is 1. The second-order valence-electron chi connectivity index (χ2n) is 4.24. The zero-order valence-electron chi connectivity index (χ0n) is 9.99. The van der Waals surface area contributed by atoms with Gasteiger partial charge in [0, 0.05) is 19.3 Å². The van der Waals surface area contributed by atoms with Crippen LogP contribution in [0.1, 0.15) is 26.2 Å². The van der Waals surface area contributed by atoms with Gasteiger partial charge in [0.15, 0.2) is 0 Å². The number of halogens is 1. The summed E-state index contributed by atoms with van der Waals surface area (Å²) in [5, 5.41) is 9.11. The molecule has 1 N–H and O–H groups in total. The van der Waals surface area contributed by atoms with Crippen LogP contribution in [0.15, 0.2) is 24.3 Å². The zero-order chi connectivity index (χ0) is 12.0. The third-order valence-electron chi connectivity index (χ3n) is 2.63. The maximum Gasteiger partial charge on any atom is 0.123 e. The van der Waals surface area contributed by atoms with Crippen molar-refractivity contribution in [3.05, 3.63) is 30.1 Å². The van der Waals surface area contributed by atoms with Gasteiger partial charge in [-0.2, -0.15) is 0 Å². The molecule has 0 aliphatic rings. The summed E-state index contributed by atoms with van der Waals surface area (Å²) in [6.45, 7) is 2.74. The topological polar surface area (TPSA) is 23.5 Å². The van der Waals surface area contributed by atoms with Crippen molar-refractivity contribution in [2.24, 2.45) is 0 Å². The van der Waals surface area contributed by atoms with Crippen LogP contribution in [0.4, 0.5) is 10.1 Å². The molecule has 0 saturated carbocycles. The minimum atomic E-state index is -0.212. The van der Waals surface area contributed by atoms with E-state index in [-0.39, 0.29) is 11.9 Å². The summed E-state index contributed by atoms with van der Waals surface area (Å²) in [7, 11) is 2.00. The molecule has 0 spiro atoms. The lowest BCUT2D eigenvalue weighted by atomic mass is 10.1. The van der Waals surface area contributed by atoms with Crippen molar-refractivity contribution >= 4 is 5.69 Å². The fourth-order valence-corrected chi connectivity index (χ4v) is 1.61. The van der Waals surface area contributed by atoms with Crippen LogP contribution < -0.4 is 4.90 Å². The van der Waals surface area contributed by atoms with E-state index in [9.17, 15) is 4.39 Å². The molecule has 3 heteroatoms. The first kappa shape index (κ1) is 13.0. The van der Waals surface area contributed by atoms with Crippen molar-refractivity contribution in [3.8, 4) is 0 Å². The third kappa shape index (κ3) is 4.62. The van der Waals surface area contributed by atoms with Crippen molar-refractivity contribution in [3.63, 3.8) is 0 Å². The van der Waals surface area contributed by atoms with Crippen LogP contribution in [0, 0.1) is 5.82 Å². The van der Waals surface area contributed by atoms with Gasteiger partial charge in [-0.15, -0.1) is 0 Å². The highest BCUT2D eigenvalue weighted by Crippen LogP contribution is 2.14. The van der Waals surface area contributed by atoms with E-state index < -0.39 is 0 Å².